The molecule has 6 heteroatoms. The van der Waals surface area contributed by atoms with Crippen LogP contribution in [0.5, 0.6) is 0 Å². The standard InChI is InChI=1S/C27H37N5O/c1-18(2)10-9-11-19(3)29-27(33)23-24-26(31-22-15-8-7-14-21(22)30-24)32(25(23)28)17-16-20-12-5-4-6-13-20/h7-8,12,14-15,18-19H,4-6,9-11,13,16-17,28H2,1-3H3,(H,29,33)/t19-/m0/s1. The summed E-state index contributed by atoms with van der Waals surface area (Å²) in [4.78, 5) is 23.1. The van der Waals surface area contributed by atoms with Crippen molar-refractivity contribution >= 4 is 33.9 Å². The van der Waals surface area contributed by atoms with E-state index >= 15 is 0 Å². The first-order valence-electron chi connectivity index (χ1n) is 12.5. The third-order valence-corrected chi connectivity index (χ3v) is 6.66. The lowest BCUT2D eigenvalue weighted by Gasteiger charge is -2.15. The van der Waals surface area contributed by atoms with Crippen LogP contribution >= 0.6 is 0 Å². The van der Waals surface area contributed by atoms with Gasteiger partial charge in [-0.1, -0.05) is 50.5 Å². The Hall–Kier alpha value is -2.89. The number of carbonyl (C=O) groups is 1. The van der Waals surface area contributed by atoms with Gasteiger partial charge >= 0.3 is 0 Å². The van der Waals surface area contributed by atoms with Crippen molar-refractivity contribution < 1.29 is 4.79 Å². The predicted molar refractivity (Wildman–Crippen MR) is 136 cm³/mol. The van der Waals surface area contributed by atoms with Crippen molar-refractivity contribution in [2.45, 2.75) is 84.7 Å². The summed E-state index contributed by atoms with van der Waals surface area (Å²) in [6.45, 7) is 7.22. The lowest BCUT2D eigenvalue weighted by molar-refractivity contribution is 0.0940. The molecule has 2 heterocycles. The van der Waals surface area contributed by atoms with Crippen LogP contribution in [0.4, 0.5) is 5.82 Å². The van der Waals surface area contributed by atoms with Gasteiger partial charge in [-0.25, -0.2) is 9.97 Å². The van der Waals surface area contributed by atoms with Crippen molar-refractivity contribution in [1.82, 2.24) is 19.9 Å². The fourth-order valence-electron chi connectivity index (χ4n) is 4.75. The topological polar surface area (TPSA) is 85.8 Å². The molecule has 0 spiro atoms. The molecule has 1 amide bonds. The first-order chi connectivity index (χ1) is 15.9. The number of hydrogen-bond acceptors (Lipinski definition) is 4. The number of nitrogens with zero attached hydrogens (tertiary/aromatic N) is 3. The third kappa shape index (κ3) is 5.37. The Morgan fingerprint density at radius 2 is 1.88 bits per heavy atom. The molecule has 3 N–H and O–H groups in total. The lowest BCUT2D eigenvalue weighted by atomic mass is 9.97. The summed E-state index contributed by atoms with van der Waals surface area (Å²) in [5, 5.41) is 3.16. The van der Waals surface area contributed by atoms with Crippen LogP contribution in [0, 0.1) is 5.92 Å². The van der Waals surface area contributed by atoms with E-state index in [0.29, 0.717) is 35.0 Å². The second kappa shape index (κ2) is 10.4. The molecule has 0 saturated heterocycles. The number of amides is 1. The zero-order chi connectivity index (χ0) is 23.4. The number of hydrogen-bond donors (Lipinski definition) is 2. The molecule has 3 aromatic rings. The zero-order valence-corrected chi connectivity index (χ0v) is 20.2. The zero-order valence-electron chi connectivity index (χ0n) is 20.2. The van der Waals surface area contributed by atoms with E-state index in [-0.39, 0.29) is 11.9 Å². The van der Waals surface area contributed by atoms with E-state index in [1.165, 1.54) is 18.4 Å². The van der Waals surface area contributed by atoms with Gasteiger partial charge in [0.2, 0.25) is 0 Å². The van der Waals surface area contributed by atoms with Gasteiger partial charge in [-0.05, 0) is 63.5 Å². The van der Waals surface area contributed by atoms with Gasteiger partial charge < -0.3 is 15.6 Å². The maximum absolute atomic E-state index is 13.4. The highest BCUT2D eigenvalue weighted by atomic mass is 16.1. The number of nitrogens with two attached hydrogens (primary N) is 1. The summed E-state index contributed by atoms with van der Waals surface area (Å²) in [5.74, 6) is 0.975. The van der Waals surface area contributed by atoms with Crippen molar-refractivity contribution in [2.24, 2.45) is 5.92 Å². The van der Waals surface area contributed by atoms with Gasteiger partial charge in [-0.15, -0.1) is 0 Å². The van der Waals surface area contributed by atoms with E-state index in [0.717, 1.165) is 49.6 Å². The number of para-hydroxylation sites is 2. The maximum Gasteiger partial charge on any atom is 0.257 e. The SMILES string of the molecule is CC(C)CCC[C@H](C)NC(=O)c1c(N)n(CCC2=CCCCC2)c2nc3ccccc3nc12. The largest absolute Gasteiger partial charge is 0.384 e. The van der Waals surface area contributed by atoms with E-state index in [4.69, 9.17) is 15.7 Å². The van der Waals surface area contributed by atoms with E-state index in [1.807, 2.05) is 28.8 Å². The van der Waals surface area contributed by atoms with Gasteiger partial charge in [0, 0.05) is 12.6 Å². The van der Waals surface area contributed by atoms with Crippen LogP contribution in [0.25, 0.3) is 22.2 Å². The number of aromatic nitrogens is 3. The van der Waals surface area contributed by atoms with Gasteiger partial charge in [0.1, 0.15) is 16.9 Å². The molecule has 1 atom stereocenters. The molecule has 0 aliphatic heterocycles. The highest BCUT2D eigenvalue weighted by molar-refractivity contribution is 6.10. The molecule has 33 heavy (non-hydrogen) atoms. The molecule has 1 aromatic carbocycles. The second-order valence-corrected chi connectivity index (χ2v) is 9.85. The number of rotatable bonds is 9. The minimum atomic E-state index is -0.158. The minimum absolute atomic E-state index is 0.0786. The van der Waals surface area contributed by atoms with Crippen LogP contribution in [0.2, 0.25) is 0 Å². The molecule has 0 saturated carbocycles. The Bertz CT molecular complexity index is 1160. The van der Waals surface area contributed by atoms with E-state index in [9.17, 15) is 4.79 Å². The van der Waals surface area contributed by atoms with Gasteiger partial charge in [-0.3, -0.25) is 4.79 Å². The smallest absolute Gasteiger partial charge is 0.257 e. The average molecular weight is 448 g/mol. The first-order valence-corrected chi connectivity index (χ1v) is 12.5. The minimum Gasteiger partial charge on any atom is -0.384 e. The fraction of sp³-hybridized carbons (Fsp3) is 0.519. The summed E-state index contributed by atoms with van der Waals surface area (Å²) in [5.41, 5.74) is 11.4. The normalized spacial score (nSPS) is 15.2. The van der Waals surface area contributed by atoms with Gasteiger partial charge in [-0.2, -0.15) is 0 Å². The number of fused-ring (bicyclic) bond motifs is 2. The molecule has 176 valence electrons. The molecule has 1 aliphatic carbocycles. The highest BCUT2D eigenvalue weighted by Gasteiger charge is 2.25. The fourth-order valence-corrected chi connectivity index (χ4v) is 4.75. The van der Waals surface area contributed by atoms with Gasteiger partial charge in [0.15, 0.2) is 5.65 Å². The van der Waals surface area contributed by atoms with Crippen LogP contribution in [0.3, 0.4) is 0 Å². The predicted octanol–water partition coefficient (Wildman–Crippen LogP) is 6.00. The number of nitrogens with one attached hydrogen (secondary N) is 1. The molecule has 0 unspecified atom stereocenters. The van der Waals surface area contributed by atoms with E-state index in [1.54, 1.807) is 0 Å². The van der Waals surface area contributed by atoms with Gasteiger partial charge in [0.05, 0.1) is 11.0 Å². The Balaban J connectivity index is 1.65. The number of carbonyl (C=O) groups excluding carboxylic acids is 1. The molecule has 0 fully saturated rings. The Morgan fingerprint density at radius 1 is 1.12 bits per heavy atom. The van der Waals surface area contributed by atoms with Crippen molar-refractivity contribution in [3.63, 3.8) is 0 Å². The van der Waals surface area contributed by atoms with E-state index in [2.05, 4.69) is 32.2 Å². The number of allylic oxidation sites excluding steroid dienone is 2. The Morgan fingerprint density at radius 3 is 2.58 bits per heavy atom. The van der Waals surface area contributed by atoms with Crippen LogP contribution < -0.4 is 11.1 Å². The van der Waals surface area contributed by atoms with Crippen LogP contribution in [0.1, 0.15) is 82.5 Å². The number of aryl methyl sites for hydroxylation is 1. The van der Waals surface area contributed by atoms with Gasteiger partial charge in [0.25, 0.3) is 5.91 Å². The maximum atomic E-state index is 13.4. The first kappa shape index (κ1) is 23.3. The number of nitrogen functional groups attached to an aromatic ring is 1. The second-order valence-electron chi connectivity index (χ2n) is 9.85. The van der Waals surface area contributed by atoms with E-state index < -0.39 is 0 Å². The summed E-state index contributed by atoms with van der Waals surface area (Å²) < 4.78 is 1.99. The number of anilines is 1. The molecule has 0 radical (unpaired) electrons. The van der Waals surface area contributed by atoms with Crippen molar-refractivity contribution in [1.29, 1.82) is 0 Å². The summed E-state index contributed by atoms with van der Waals surface area (Å²) in [7, 11) is 0. The van der Waals surface area contributed by atoms with Crippen molar-refractivity contribution in [2.75, 3.05) is 5.73 Å². The average Bonchev–Trinajstić information content (AvgIpc) is 3.06. The third-order valence-electron chi connectivity index (χ3n) is 6.66. The monoisotopic (exact) mass is 447 g/mol. The molecular formula is C27H37N5O. The summed E-state index contributed by atoms with van der Waals surface area (Å²) in [6.07, 6.45) is 11.3. The van der Waals surface area contributed by atoms with Crippen molar-refractivity contribution in [3.05, 3.63) is 41.5 Å². The Kier molecular flexibility index (Phi) is 7.31. The van der Waals surface area contributed by atoms with Crippen molar-refractivity contribution in [3.8, 4) is 0 Å². The summed E-state index contributed by atoms with van der Waals surface area (Å²) >= 11 is 0. The highest BCUT2D eigenvalue weighted by Crippen LogP contribution is 2.30. The van der Waals surface area contributed by atoms with Crippen LogP contribution in [-0.2, 0) is 6.54 Å². The molecule has 2 aromatic heterocycles. The molecule has 0 bridgehead atoms. The summed E-state index contributed by atoms with van der Waals surface area (Å²) in [6, 6.07) is 7.86. The molecular weight excluding hydrogens is 410 g/mol. The Labute approximate surface area is 196 Å². The number of benzene rings is 1. The van der Waals surface area contributed by atoms with Crippen LogP contribution in [-0.4, -0.2) is 26.5 Å². The molecule has 1 aliphatic rings. The lowest BCUT2D eigenvalue weighted by Crippen LogP contribution is -2.33. The quantitative estimate of drug-likeness (QED) is 0.394. The molecule has 4 rings (SSSR count). The molecule has 6 nitrogen and oxygen atoms in total. The van der Waals surface area contributed by atoms with Crippen LogP contribution in [0.15, 0.2) is 35.9 Å².